The summed E-state index contributed by atoms with van der Waals surface area (Å²) in [5.41, 5.74) is 8.32. The zero-order valence-corrected chi connectivity index (χ0v) is 28.1. The normalized spacial score (nSPS) is 11.6. The van der Waals surface area contributed by atoms with Crippen molar-refractivity contribution >= 4 is 80.9 Å². The fourth-order valence-electron chi connectivity index (χ4n) is 7.71. The molecule has 10 aromatic rings. The molecule has 10 rings (SSSR count). The van der Waals surface area contributed by atoms with Gasteiger partial charge in [0.2, 0.25) is 0 Å². The summed E-state index contributed by atoms with van der Waals surface area (Å²) in [5, 5.41) is 10.3. The van der Waals surface area contributed by atoms with E-state index in [-0.39, 0.29) is 0 Å². The van der Waals surface area contributed by atoms with E-state index in [2.05, 4.69) is 193 Å². The minimum absolute atomic E-state index is 1.12. The molecule has 0 bridgehead atoms. The molecule has 0 atom stereocenters. The summed E-state index contributed by atoms with van der Waals surface area (Å²) in [4.78, 5) is 2.42. The van der Waals surface area contributed by atoms with Gasteiger partial charge in [-0.15, -0.1) is 11.3 Å². The lowest BCUT2D eigenvalue weighted by Gasteiger charge is -2.27. The molecule has 0 fully saturated rings. The van der Waals surface area contributed by atoms with Crippen LogP contribution in [0.25, 0.3) is 74.7 Å². The van der Waals surface area contributed by atoms with Gasteiger partial charge in [-0.2, -0.15) is 0 Å². The van der Waals surface area contributed by atoms with Crippen molar-refractivity contribution < 1.29 is 0 Å². The van der Waals surface area contributed by atoms with Crippen molar-refractivity contribution in [2.45, 2.75) is 0 Å². The second kappa shape index (κ2) is 11.7. The van der Waals surface area contributed by atoms with Gasteiger partial charge in [-0.05, 0) is 97.0 Å². The number of hydrogen-bond acceptors (Lipinski definition) is 2. The highest BCUT2D eigenvalue weighted by Crippen LogP contribution is 2.46. The maximum absolute atomic E-state index is 2.42. The Labute approximate surface area is 294 Å². The van der Waals surface area contributed by atoms with E-state index < -0.39 is 0 Å². The second-order valence-electron chi connectivity index (χ2n) is 12.9. The molecule has 0 aliphatic heterocycles. The number of thiophene rings is 1. The van der Waals surface area contributed by atoms with E-state index in [1.165, 1.54) is 80.4 Å². The Morgan fingerprint density at radius 1 is 0.320 bits per heavy atom. The summed E-state index contributed by atoms with van der Waals surface area (Å²) in [6.07, 6.45) is 0. The van der Waals surface area contributed by atoms with Crippen LogP contribution in [0.3, 0.4) is 0 Å². The molecule has 0 N–H and O–H groups in total. The van der Waals surface area contributed by atoms with Gasteiger partial charge in [0.15, 0.2) is 0 Å². The summed E-state index contributed by atoms with van der Waals surface area (Å²) in [7, 11) is 0. The maximum atomic E-state index is 2.42. The van der Waals surface area contributed by atoms with E-state index in [9.17, 15) is 0 Å². The third kappa shape index (κ3) is 4.69. The van der Waals surface area contributed by atoms with Crippen molar-refractivity contribution in [1.29, 1.82) is 0 Å². The zero-order valence-electron chi connectivity index (χ0n) is 27.3. The lowest BCUT2D eigenvalue weighted by molar-refractivity contribution is 1.30. The van der Waals surface area contributed by atoms with Crippen molar-refractivity contribution in [3.63, 3.8) is 0 Å². The molecular formula is C48H31NS. The first kappa shape index (κ1) is 28.8. The van der Waals surface area contributed by atoms with Crippen LogP contribution in [0.15, 0.2) is 188 Å². The molecule has 2 heteroatoms. The van der Waals surface area contributed by atoms with E-state index >= 15 is 0 Å². The summed E-state index contributed by atoms with van der Waals surface area (Å²) >= 11 is 1.86. The maximum Gasteiger partial charge on any atom is 0.0554 e. The van der Waals surface area contributed by atoms with Crippen LogP contribution in [0.4, 0.5) is 17.1 Å². The van der Waals surface area contributed by atoms with Crippen LogP contribution in [-0.2, 0) is 0 Å². The summed E-state index contributed by atoms with van der Waals surface area (Å²) in [6.45, 7) is 0. The molecule has 1 aromatic heterocycles. The van der Waals surface area contributed by atoms with Gasteiger partial charge in [0, 0.05) is 31.5 Å². The van der Waals surface area contributed by atoms with E-state index in [1.807, 2.05) is 11.3 Å². The predicted octanol–water partition coefficient (Wildman–Crippen LogP) is 14.3. The topological polar surface area (TPSA) is 3.24 Å². The molecule has 1 nitrogen and oxygen atoms in total. The van der Waals surface area contributed by atoms with E-state index in [0.717, 1.165) is 11.4 Å². The second-order valence-corrected chi connectivity index (χ2v) is 14.0. The van der Waals surface area contributed by atoms with Gasteiger partial charge in [-0.25, -0.2) is 0 Å². The van der Waals surface area contributed by atoms with E-state index in [4.69, 9.17) is 0 Å². The predicted molar refractivity (Wildman–Crippen MR) is 217 cm³/mol. The minimum Gasteiger partial charge on any atom is -0.310 e. The molecule has 0 unspecified atom stereocenters. The molecule has 0 amide bonds. The van der Waals surface area contributed by atoms with Gasteiger partial charge in [0.1, 0.15) is 0 Å². The first-order chi connectivity index (χ1) is 24.8. The fourth-order valence-corrected chi connectivity index (χ4v) is 8.83. The molecule has 234 valence electrons. The molecule has 9 aromatic carbocycles. The first-order valence-corrected chi connectivity index (χ1v) is 17.9. The van der Waals surface area contributed by atoms with Crippen molar-refractivity contribution in [1.82, 2.24) is 0 Å². The molecule has 1 heterocycles. The van der Waals surface area contributed by atoms with E-state index in [1.54, 1.807) is 0 Å². The standard InChI is InChI=1S/C48H31NS/c1-2-10-32(11-3-1)33-24-28-38(29-25-33)49(43-17-9-19-45-48(43)42-15-6-7-18-44(42)50-45)39-30-26-35(27-31-39)41-16-8-13-36-22-23-37-21-20-34-12-4-5-14-40(34)47(37)46(36)41/h1-31H. The fraction of sp³-hybridized carbons (Fsp3) is 0. The van der Waals surface area contributed by atoms with Gasteiger partial charge in [0.25, 0.3) is 0 Å². The van der Waals surface area contributed by atoms with Gasteiger partial charge < -0.3 is 4.90 Å². The quantitative estimate of drug-likeness (QED) is 0.167. The Bertz CT molecular complexity index is 2840. The lowest BCUT2D eigenvalue weighted by Crippen LogP contribution is -2.10. The SMILES string of the molecule is c1ccc(-c2ccc(N(c3ccc(-c4cccc5ccc6ccc7ccccc7c6c45)cc3)c3cccc4sc5ccccc5c34)cc2)cc1. The Balaban J connectivity index is 1.16. The molecule has 0 saturated carbocycles. The van der Waals surface area contributed by atoms with Crippen LogP contribution < -0.4 is 4.90 Å². The Morgan fingerprint density at radius 2 is 0.880 bits per heavy atom. The van der Waals surface area contributed by atoms with Crippen molar-refractivity contribution in [3.8, 4) is 22.3 Å². The molecule has 0 saturated heterocycles. The zero-order chi connectivity index (χ0) is 33.0. The average Bonchev–Trinajstić information content (AvgIpc) is 3.58. The summed E-state index contributed by atoms with van der Waals surface area (Å²) < 4.78 is 2.60. The highest BCUT2D eigenvalue weighted by Gasteiger charge is 2.19. The summed E-state index contributed by atoms with van der Waals surface area (Å²) in [6, 6.07) is 68.7. The third-order valence-electron chi connectivity index (χ3n) is 10.0. The molecular weight excluding hydrogens is 623 g/mol. The molecule has 50 heavy (non-hydrogen) atoms. The number of anilines is 3. The van der Waals surface area contributed by atoms with Crippen LogP contribution in [-0.4, -0.2) is 0 Å². The van der Waals surface area contributed by atoms with Crippen molar-refractivity contribution in [2.75, 3.05) is 4.90 Å². The van der Waals surface area contributed by atoms with Gasteiger partial charge in [-0.3, -0.25) is 0 Å². The number of hydrogen-bond donors (Lipinski definition) is 0. The highest BCUT2D eigenvalue weighted by atomic mass is 32.1. The van der Waals surface area contributed by atoms with Crippen molar-refractivity contribution in [2.24, 2.45) is 0 Å². The lowest BCUT2D eigenvalue weighted by atomic mass is 9.91. The van der Waals surface area contributed by atoms with Crippen molar-refractivity contribution in [3.05, 3.63) is 188 Å². The average molecular weight is 654 g/mol. The number of rotatable bonds is 5. The first-order valence-electron chi connectivity index (χ1n) is 17.1. The molecule has 0 radical (unpaired) electrons. The molecule has 0 spiro atoms. The van der Waals surface area contributed by atoms with Gasteiger partial charge >= 0.3 is 0 Å². The largest absolute Gasteiger partial charge is 0.310 e. The Kier molecular flexibility index (Phi) is 6.75. The van der Waals surface area contributed by atoms with Crippen LogP contribution in [0, 0.1) is 0 Å². The van der Waals surface area contributed by atoms with Crippen LogP contribution in [0.1, 0.15) is 0 Å². The smallest absolute Gasteiger partial charge is 0.0554 e. The van der Waals surface area contributed by atoms with Crippen LogP contribution >= 0.6 is 11.3 Å². The van der Waals surface area contributed by atoms with Gasteiger partial charge in [-0.1, -0.05) is 146 Å². The molecule has 0 aliphatic rings. The molecule has 0 aliphatic carbocycles. The monoisotopic (exact) mass is 653 g/mol. The van der Waals surface area contributed by atoms with Crippen LogP contribution in [0.5, 0.6) is 0 Å². The Hall–Kier alpha value is -6.22. The van der Waals surface area contributed by atoms with E-state index in [0.29, 0.717) is 0 Å². The van der Waals surface area contributed by atoms with Gasteiger partial charge in [0.05, 0.1) is 5.69 Å². The minimum atomic E-state index is 1.12. The summed E-state index contributed by atoms with van der Waals surface area (Å²) in [5.74, 6) is 0. The number of benzene rings is 9. The number of nitrogens with zero attached hydrogens (tertiary/aromatic N) is 1. The van der Waals surface area contributed by atoms with Crippen LogP contribution in [0.2, 0.25) is 0 Å². The highest BCUT2D eigenvalue weighted by molar-refractivity contribution is 7.26. The third-order valence-corrected chi connectivity index (χ3v) is 11.2. The number of fused-ring (bicyclic) bond motifs is 8. The Morgan fingerprint density at radius 3 is 1.66 bits per heavy atom.